The molecule has 0 aliphatic carbocycles. The normalized spacial score (nSPS) is 14.3. The molecule has 1 aliphatic heterocycles. The molecule has 0 saturated carbocycles. The third kappa shape index (κ3) is 4.74. The first kappa shape index (κ1) is 23.0. The highest BCUT2D eigenvalue weighted by atomic mass is 32.2. The van der Waals surface area contributed by atoms with Crippen molar-refractivity contribution in [2.24, 2.45) is 5.14 Å². The summed E-state index contributed by atoms with van der Waals surface area (Å²) in [6.07, 6.45) is 2.98. The van der Waals surface area contributed by atoms with Crippen molar-refractivity contribution in [3.05, 3.63) is 70.8 Å². The smallest absolute Gasteiger partial charge is 0.259 e. The molecule has 1 saturated heterocycles. The summed E-state index contributed by atoms with van der Waals surface area (Å²) in [5, 5.41) is 9.42. The number of pyridine rings is 3. The van der Waals surface area contributed by atoms with Gasteiger partial charge in [-0.3, -0.25) is 4.79 Å². The lowest BCUT2D eigenvalue weighted by atomic mass is 10.1. The van der Waals surface area contributed by atoms with Gasteiger partial charge in [0.15, 0.2) is 5.03 Å². The average Bonchev–Trinajstić information content (AvgIpc) is 2.84. The molecule has 1 aromatic carbocycles. The van der Waals surface area contributed by atoms with Gasteiger partial charge in [-0.25, -0.2) is 23.5 Å². The topological polar surface area (TPSA) is 143 Å². The number of nitrogens with two attached hydrogens (primary N) is 1. The van der Waals surface area contributed by atoms with E-state index in [1.165, 1.54) is 6.20 Å². The number of hydrogen-bond acceptors (Lipinski definition) is 8. The Hall–Kier alpha value is -3.80. The maximum Gasteiger partial charge on any atom is 0.259 e. The second-order valence-corrected chi connectivity index (χ2v) is 9.77. The second kappa shape index (κ2) is 9.10. The number of H-pyrrole nitrogens is 1. The Kier molecular flexibility index (Phi) is 5.97. The van der Waals surface area contributed by atoms with Crippen LogP contribution in [0.4, 0.5) is 17.2 Å². The fraction of sp³-hybridized carbons (Fsp3) is 0.208. The lowest BCUT2D eigenvalue weighted by Gasteiger charge is -2.28. The number of fused-ring (bicyclic) bond motifs is 1. The third-order valence-corrected chi connectivity index (χ3v) is 6.82. The number of aryl methyl sites for hydroxylation is 1. The standard InChI is InChI=1S/C24H24N6O4S/c1-15-12-17(14-27-24(15)35(25,32)33)20-13-16-6-7-26-23(31)21(16)22(29-20)28-18-2-4-19(5-3-18)30-8-10-34-11-9-30/h2-7,12-14H,8-11H2,1H3,(H,26,31)(H,28,29)(H2,25,32,33). The fourth-order valence-corrected chi connectivity index (χ4v) is 4.87. The van der Waals surface area contributed by atoms with Crippen LogP contribution in [0.5, 0.6) is 0 Å². The molecule has 4 aromatic rings. The first-order chi connectivity index (χ1) is 16.8. The SMILES string of the molecule is Cc1cc(-c2cc3cc[nH]c(=O)c3c(Nc3ccc(N4CCOCC4)cc3)n2)cnc1S(N)(=O)=O. The molecule has 11 heteroatoms. The molecule has 4 N–H and O–H groups in total. The minimum absolute atomic E-state index is 0.183. The zero-order valence-electron chi connectivity index (χ0n) is 19.0. The number of hydrogen-bond donors (Lipinski definition) is 3. The number of aromatic amines is 1. The van der Waals surface area contributed by atoms with Crippen molar-refractivity contribution in [2.45, 2.75) is 11.9 Å². The van der Waals surface area contributed by atoms with Crippen LogP contribution in [-0.4, -0.2) is 49.7 Å². The molecular formula is C24H24N6O4S. The molecule has 3 aromatic heterocycles. The van der Waals surface area contributed by atoms with E-state index in [1.54, 1.807) is 31.3 Å². The summed E-state index contributed by atoms with van der Waals surface area (Å²) in [6, 6.07) is 13.1. The van der Waals surface area contributed by atoms with Crippen molar-refractivity contribution < 1.29 is 13.2 Å². The molecule has 0 atom stereocenters. The molecule has 180 valence electrons. The summed E-state index contributed by atoms with van der Waals surface area (Å²) in [5.74, 6) is 0.381. The van der Waals surface area contributed by atoms with Gasteiger partial charge in [-0.1, -0.05) is 0 Å². The third-order valence-electron chi connectivity index (χ3n) is 5.86. The zero-order chi connectivity index (χ0) is 24.6. The predicted molar refractivity (Wildman–Crippen MR) is 134 cm³/mol. The molecule has 4 heterocycles. The number of benzene rings is 1. The molecule has 0 spiro atoms. The zero-order valence-corrected chi connectivity index (χ0v) is 19.8. The highest BCUT2D eigenvalue weighted by Gasteiger charge is 2.17. The van der Waals surface area contributed by atoms with E-state index >= 15 is 0 Å². The monoisotopic (exact) mass is 492 g/mol. The Morgan fingerprint density at radius 1 is 1.11 bits per heavy atom. The number of ether oxygens (including phenoxy) is 1. The van der Waals surface area contributed by atoms with E-state index in [1.807, 2.05) is 24.3 Å². The lowest BCUT2D eigenvalue weighted by molar-refractivity contribution is 0.122. The number of primary sulfonamides is 1. The van der Waals surface area contributed by atoms with Crippen LogP contribution in [0.3, 0.4) is 0 Å². The lowest BCUT2D eigenvalue weighted by Crippen LogP contribution is -2.36. The number of anilines is 3. The van der Waals surface area contributed by atoms with Crippen molar-refractivity contribution >= 4 is 38.0 Å². The van der Waals surface area contributed by atoms with E-state index in [0.717, 1.165) is 24.5 Å². The molecule has 35 heavy (non-hydrogen) atoms. The minimum Gasteiger partial charge on any atom is -0.378 e. The van der Waals surface area contributed by atoms with Crippen LogP contribution in [0.2, 0.25) is 0 Å². The number of rotatable bonds is 5. The van der Waals surface area contributed by atoms with Crippen molar-refractivity contribution in [3.63, 3.8) is 0 Å². The number of morpholine rings is 1. The van der Waals surface area contributed by atoms with E-state index < -0.39 is 10.0 Å². The number of aromatic nitrogens is 3. The first-order valence-corrected chi connectivity index (χ1v) is 12.6. The summed E-state index contributed by atoms with van der Waals surface area (Å²) in [5.41, 5.74) is 3.14. The first-order valence-electron chi connectivity index (χ1n) is 11.0. The highest BCUT2D eigenvalue weighted by molar-refractivity contribution is 7.89. The van der Waals surface area contributed by atoms with Crippen LogP contribution in [0.1, 0.15) is 5.56 Å². The van der Waals surface area contributed by atoms with Gasteiger partial charge in [-0.2, -0.15) is 0 Å². The van der Waals surface area contributed by atoms with Gasteiger partial charge in [0.25, 0.3) is 15.6 Å². The molecule has 0 unspecified atom stereocenters. The van der Waals surface area contributed by atoms with Gasteiger partial charge in [0, 0.05) is 42.4 Å². The molecule has 1 aliphatic rings. The fourth-order valence-electron chi connectivity index (χ4n) is 4.17. The number of nitrogens with zero attached hydrogens (tertiary/aromatic N) is 3. The van der Waals surface area contributed by atoms with E-state index in [9.17, 15) is 13.2 Å². The maximum atomic E-state index is 12.7. The van der Waals surface area contributed by atoms with Gasteiger partial charge in [0.1, 0.15) is 5.82 Å². The van der Waals surface area contributed by atoms with Gasteiger partial charge in [-0.15, -0.1) is 0 Å². The average molecular weight is 493 g/mol. The Morgan fingerprint density at radius 2 is 1.86 bits per heavy atom. The van der Waals surface area contributed by atoms with Gasteiger partial charge >= 0.3 is 0 Å². The van der Waals surface area contributed by atoms with Gasteiger partial charge in [-0.05, 0) is 60.3 Å². The minimum atomic E-state index is -3.93. The van der Waals surface area contributed by atoms with Crippen LogP contribution in [0.15, 0.2) is 64.7 Å². The van der Waals surface area contributed by atoms with Crippen LogP contribution in [-0.2, 0) is 14.8 Å². The van der Waals surface area contributed by atoms with Crippen LogP contribution in [0, 0.1) is 6.92 Å². The van der Waals surface area contributed by atoms with Crippen LogP contribution >= 0.6 is 0 Å². The van der Waals surface area contributed by atoms with Gasteiger partial charge < -0.3 is 19.9 Å². The van der Waals surface area contributed by atoms with Gasteiger partial charge in [0.2, 0.25) is 0 Å². The highest BCUT2D eigenvalue weighted by Crippen LogP contribution is 2.29. The molecule has 5 rings (SSSR count). The number of nitrogens with one attached hydrogen (secondary N) is 2. The van der Waals surface area contributed by atoms with Crippen molar-refractivity contribution in [1.82, 2.24) is 15.0 Å². The molecule has 0 radical (unpaired) electrons. The van der Waals surface area contributed by atoms with Crippen molar-refractivity contribution in [3.8, 4) is 11.3 Å². The Bertz CT molecular complexity index is 1560. The molecule has 0 amide bonds. The quantitative estimate of drug-likeness (QED) is 0.386. The Balaban J connectivity index is 1.54. The maximum absolute atomic E-state index is 12.7. The largest absolute Gasteiger partial charge is 0.378 e. The van der Waals surface area contributed by atoms with Crippen LogP contribution < -0.4 is 20.9 Å². The van der Waals surface area contributed by atoms with E-state index in [-0.39, 0.29) is 10.6 Å². The second-order valence-electron chi connectivity index (χ2n) is 8.29. The van der Waals surface area contributed by atoms with E-state index in [0.29, 0.717) is 46.6 Å². The van der Waals surface area contributed by atoms with Gasteiger partial charge in [0.05, 0.1) is 24.3 Å². The molecule has 1 fully saturated rings. The Labute approximate surface area is 201 Å². The Morgan fingerprint density at radius 3 is 2.54 bits per heavy atom. The van der Waals surface area contributed by atoms with Crippen molar-refractivity contribution in [1.29, 1.82) is 0 Å². The summed E-state index contributed by atoms with van der Waals surface area (Å²) < 4.78 is 28.9. The summed E-state index contributed by atoms with van der Waals surface area (Å²) >= 11 is 0. The predicted octanol–water partition coefficient (Wildman–Crippen LogP) is 2.52. The van der Waals surface area contributed by atoms with E-state index in [4.69, 9.17) is 14.9 Å². The summed E-state index contributed by atoms with van der Waals surface area (Å²) in [4.78, 5) is 26.3. The summed E-state index contributed by atoms with van der Waals surface area (Å²) in [7, 11) is -3.93. The number of sulfonamides is 1. The molecule has 10 nitrogen and oxygen atoms in total. The molecule has 0 bridgehead atoms. The van der Waals surface area contributed by atoms with Crippen LogP contribution in [0.25, 0.3) is 22.0 Å². The van der Waals surface area contributed by atoms with Crippen molar-refractivity contribution in [2.75, 3.05) is 36.5 Å². The molecular weight excluding hydrogens is 468 g/mol. The summed E-state index contributed by atoms with van der Waals surface area (Å²) in [6.45, 7) is 4.72. The van der Waals surface area contributed by atoms with E-state index in [2.05, 4.69) is 20.2 Å².